The van der Waals surface area contributed by atoms with Crippen molar-refractivity contribution < 1.29 is 0 Å². The molecule has 30 heavy (non-hydrogen) atoms. The van der Waals surface area contributed by atoms with Gasteiger partial charge in [0.05, 0.1) is 5.69 Å². The van der Waals surface area contributed by atoms with Gasteiger partial charge < -0.3 is 10.6 Å². The van der Waals surface area contributed by atoms with Crippen molar-refractivity contribution in [2.45, 2.75) is 13.0 Å². The number of hydrogen-bond donors (Lipinski definition) is 1. The van der Waals surface area contributed by atoms with Crippen LogP contribution in [0.1, 0.15) is 22.4 Å². The molecule has 1 fully saturated rings. The molecule has 0 spiro atoms. The van der Waals surface area contributed by atoms with Crippen molar-refractivity contribution in [3.05, 3.63) is 83.3 Å². The van der Waals surface area contributed by atoms with Gasteiger partial charge in [-0.25, -0.2) is 4.98 Å². The first-order chi connectivity index (χ1) is 14.7. The van der Waals surface area contributed by atoms with Crippen molar-refractivity contribution in [1.29, 1.82) is 0 Å². The van der Waals surface area contributed by atoms with Crippen LogP contribution in [0.4, 0.5) is 5.82 Å². The van der Waals surface area contributed by atoms with Crippen LogP contribution in [-0.4, -0.2) is 53.0 Å². The highest BCUT2D eigenvalue weighted by Gasteiger charge is 2.18. The number of aromatic nitrogens is 2. The fraction of sp³-hybridized carbons (Fsp3) is 0.280. The number of anilines is 1. The van der Waals surface area contributed by atoms with Gasteiger partial charge in [-0.2, -0.15) is 0 Å². The fourth-order valence-corrected chi connectivity index (χ4v) is 4.26. The molecule has 0 amide bonds. The normalized spacial score (nSPS) is 17.0. The predicted molar refractivity (Wildman–Crippen MR) is 122 cm³/mol. The van der Waals surface area contributed by atoms with E-state index in [9.17, 15) is 0 Å². The van der Waals surface area contributed by atoms with E-state index in [-0.39, 0.29) is 0 Å². The second-order valence-electron chi connectivity index (χ2n) is 8.29. The van der Waals surface area contributed by atoms with Crippen molar-refractivity contribution in [2.75, 3.05) is 39.0 Å². The molecule has 152 valence electrons. The molecular weight excluding hydrogens is 370 g/mol. The molecule has 0 atom stereocenters. The molecule has 1 saturated heterocycles. The Morgan fingerprint density at radius 1 is 0.867 bits per heavy atom. The Labute approximate surface area is 177 Å². The number of benzene rings is 1. The molecule has 2 aliphatic rings. The molecule has 3 aromatic rings. The molecule has 0 saturated carbocycles. The van der Waals surface area contributed by atoms with Crippen molar-refractivity contribution in [2.24, 2.45) is 0 Å². The molecular formula is C25H27N5. The summed E-state index contributed by atoms with van der Waals surface area (Å²) in [6.45, 7) is 5.61. The van der Waals surface area contributed by atoms with Gasteiger partial charge in [0.25, 0.3) is 0 Å². The van der Waals surface area contributed by atoms with E-state index in [1.54, 1.807) is 0 Å². The number of allylic oxidation sites excluding steroid dienone is 1. The Hall–Kier alpha value is -3.02. The summed E-state index contributed by atoms with van der Waals surface area (Å²) in [7, 11) is 2.20. The van der Waals surface area contributed by atoms with Gasteiger partial charge in [-0.05, 0) is 41.9 Å². The number of pyridine rings is 2. The average molecular weight is 398 g/mol. The summed E-state index contributed by atoms with van der Waals surface area (Å²) in [4.78, 5) is 13.9. The third-order valence-electron chi connectivity index (χ3n) is 6.15. The van der Waals surface area contributed by atoms with Crippen LogP contribution in [0.15, 0.2) is 60.9 Å². The summed E-state index contributed by atoms with van der Waals surface area (Å²) in [5, 5.41) is 0. The first kappa shape index (κ1) is 19.0. The second-order valence-corrected chi connectivity index (χ2v) is 8.29. The summed E-state index contributed by atoms with van der Waals surface area (Å²) in [6.07, 6.45) is 6.93. The van der Waals surface area contributed by atoms with Gasteiger partial charge in [-0.15, -0.1) is 0 Å². The first-order valence-corrected chi connectivity index (χ1v) is 10.6. The largest absolute Gasteiger partial charge is 0.384 e. The summed E-state index contributed by atoms with van der Waals surface area (Å²) in [5.74, 6) is 0.543. The van der Waals surface area contributed by atoms with Gasteiger partial charge in [0, 0.05) is 68.2 Å². The van der Waals surface area contributed by atoms with Gasteiger partial charge >= 0.3 is 0 Å². The summed E-state index contributed by atoms with van der Waals surface area (Å²) in [5.41, 5.74) is 14.1. The Bertz CT molecular complexity index is 1060. The maximum Gasteiger partial charge on any atom is 0.123 e. The van der Waals surface area contributed by atoms with E-state index in [1.165, 1.54) is 22.3 Å². The topological polar surface area (TPSA) is 58.3 Å². The Morgan fingerprint density at radius 2 is 1.60 bits per heavy atom. The minimum absolute atomic E-state index is 0.543. The smallest absolute Gasteiger partial charge is 0.123 e. The van der Waals surface area contributed by atoms with E-state index in [1.807, 2.05) is 24.5 Å². The van der Waals surface area contributed by atoms with Crippen LogP contribution < -0.4 is 5.73 Å². The Morgan fingerprint density at radius 3 is 2.33 bits per heavy atom. The van der Waals surface area contributed by atoms with E-state index < -0.39 is 0 Å². The maximum absolute atomic E-state index is 5.75. The average Bonchev–Trinajstić information content (AvgIpc) is 3.20. The van der Waals surface area contributed by atoms with E-state index >= 15 is 0 Å². The monoisotopic (exact) mass is 397 g/mol. The van der Waals surface area contributed by atoms with Crippen LogP contribution in [0.3, 0.4) is 0 Å². The molecule has 1 aromatic carbocycles. The predicted octanol–water partition coefficient (Wildman–Crippen LogP) is 3.46. The molecule has 5 heteroatoms. The van der Waals surface area contributed by atoms with Crippen LogP contribution in [0.25, 0.3) is 16.7 Å². The lowest BCUT2D eigenvalue weighted by Crippen LogP contribution is -2.43. The number of nitrogen functional groups attached to an aromatic ring is 1. The van der Waals surface area contributed by atoms with E-state index in [4.69, 9.17) is 10.7 Å². The van der Waals surface area contributed by atoms with E-state index in [2.05, 4.69) is 58.2 Å². The van der Waals surface area contributed by atoms with Crippen molar-refractivity contribution in [1.82, 2.24) is 19.8 Å². The zero-order valence-corrected chi connectivity index (χ0v) is 17.4. The third kappa shape index (κ3) is 3.86. The molecule has 2 N–H and O–H groups in total. The highest BCUT2D eigenvalue weighted by molar-refractivity contribution is 5.85. The van der Waals surface area contributed by atoms with Gasteiger partial charge in [0.1, 0.15) is 5.82 Å². The Kier molecular flexibility index (Phi) is 5.07. The van der Waals surface area contributed by atoms with Crippen molar-refractivity contribution in [3.8, 4) is 11.1 Å². The molecule has 3 heterocycles. The van der Waals surface area contributed by atoms with Crippen LogP contribution in [0.5, 0.6) is 0 Å². The summed E-state index contributed by atoms with van der Waals surface area (Å²) >= 11 is 0. The minimum atomic E-state index is 0.543. The van der Waals surface area contributed by atoms with Crippen LogP contribution >= 0.6 is 0 Å². The van der Waals surface area contributed by atoms with Gasteiger partial charge in [-0.1, -0.05) is 30.3 Å². The standard InChI is InChI=1S/C25H27N5/c1-29-10-12-30(13-11-29)17-18-2-4-19(5-3-18)21-14-23-22(7-8-24(23)27-16-21)20-6-9-25(26)28-15-20/h2-7,9,14-16H,8,10-13,17H2,1H3,(H2,26,28). The molecule has 2 aromatic heterocycles. The lowest BCUT2D eigenvalue weighted by atomic mass is 9.98. The molecule has 5 rings (SSSR count). The zero-order chi connectivity index (χ0) is 20.5. The molecule has 5 nitrogen and oxygen atoms in total. The SMILES string of the molecule is CN1CCN(Cc2ccc(-c3cnc4c(c3)C(c3ccc(N)nc3)=CC4)cc2)CC1. The lowest BCUT2D eigenvalue weighted by molar-refractivity contribution is 0.148. The molecule has 1 aliphatic carbocycles. The van der Waals surface area contributed by atoms with Gasteiger partial charge in [-0.3, -0.25) is 9.88 Å². The zero-order valence-electron chi connectivity index (χ0n) is 17.4. The number of hydrogen-bond acceptors (Lipinski definition) is 5. The van der Waals surface area contributed by atoms with E-state index in [0.29, 0.717) is 5.82 Å². The highest BCUT2D eigenvalue weighted by Crippen LogP contribution is 2.34. The van der Waals surface area contributed by atoms with Crippen LogP contribution in [0, 0.1) is 0 Å². The van der Waals surface area contributed by atoms with E-state index in [0.717, 1.165) is 56.0 Å². The van der Waals surface area contributed by atoms with Gasteiger partial charge in [0.15, 0.2) is 0 Å². The molecule has 0 unspecified atom stereocenters. The van der Waals surface area contributed by atoms with Gasteiger partial charge in [0.2, 0.25) is 0 Å². The number of piperazine rings is 1. The van der Waals surface area contributed by atoms with Crippen LogP contribution in [0.2, 0.25) is 0 Å². The number of rotatable bonds is 4. The number of nitrogens with zero attached hydrogens (tertiary/aromatic N) is 4. The minimum Gasteiger partial charge on any atom is -0.384 e. The van der Waals surface area contributed by atoms with Crippen molar-refractivity contribution >= 4 is 11.4 Å². The third-order valence-corrected chi connectivity index (χ3v) is 6.15. The number of fused-ring (bicyclic) bond motifs is 1. The maximum atomic E-state index is 5.75. The highest BCUT2D eigenvalue weighted by atomic mass is 15.2. The summed E-state index contributed by atoms with van der Waals surface area (Å²) in [6, 6.07) is 15.1. The lowest BCUT2D eigenvalue weighted by Gasteiger charge is -2.32. The van der Waals surface area contributed by atoms with Crippen LogP contribution in [-0.2, 0) is 13.0 Å². The molecule has 1 aliphatic heterocycles. The summed E-state index contributed by atoms with van der Waals surface area (Å²) < 4.78 is 0. The fourth-order valence-electron chi connectivity index (χ4n) is 4.26. The second kappa shape index (κ2) is 8.01. The number of likely N-dealkylation sites (N-methyl/N-ethyl adjacent to an activating group) is 1. The number of nitrogens with two attached hydrogens (primary N) is 1. The molecule has 0 bridgehead atoms. The Balaban J connectivity index is 1.35. The first-order valence-electron chi connectivity index (χ1n) is 10.6. The quantitative estimate of drug-likeness (QED) is 0.731. The van der Waals surface area contributed by atoms with Crippen molar-refractivity contribution in [3.63, 3.8) is 0 Å². The molecule has 0 radical (unpaired) electrons.